The molecule has 5 rings (SSSR count). The Labute approximate surface area is 216 Å². The summed E-state index contributed by atoms with van der Waals surface area (Å²) in [6, 6.07) is 15.3. The molecule has 4 heteroatoms. The fourth-order valence-electron chi connectivity index (χ4n) is 5.42. The highest BCUT2D eigenvalue weighted by molar-refractivity contribution is 5.73. The minimum Gasteiger partial charge on any atom is -0.341 e. The predicted molar refractivity (Wildman–Crippen MR) is 151 cm³/mol. The van der Waals surface area contributed by atoms with Crippen LogP contribution >= 0.6 is 0 Å². The standard InChI is InChI=1S/C32H38N4/c1-5-23(2)28-11-12-29-17-24(3)36(31(29)19-28)22-26-7-6-8-30(18-26)32-33-20-27(21-34-32)10-9-25-13-15-35(4)16-14-25/h6-8,11-12,18-21,25H,2-3,5,9-10,13-17,22H2,1,4H3. The van der Waals surface area contributed by atoms with Gasteiger partial charge in [0.1, 0.15) is 0 Å². The van der Waals surface area contributed by atoms with Gasteiger partial charge in [0, 0.05) is 42.3 Å². The average Bonchev–Trinajstić information content (AvgIpc) is 3.22. The number of likely N-dealkylation sites (tertiary alicyclic amines) is 1. The quantitative estimate of drug-likeness (QED) is 0.352. The molecule has 36 heavy (non-hydrogen) atoms. The van der Waals surface area contributed by atoms with Gasteiger partial charge in [-0.3, -0.25) is 0 Å². The molecule has 4 nitrogen and oxygen atoms in total. The summed E-state index contributed by atoms with van der Waals surface area (Å²) in [4.78, 5) is 14.2. The molecule has 0 amide bonds. The topological polar surface area (TPSA) is 32.3 Å². The zero-order chi connectivity index (χ0) is 25.1. The van der Waals surface area contributed by atoms with Gasteiger partial charge in [-0.1, -0.05) is 50.4 Å². The molecule has 0 aliphatic carbocycles. The molecule has 1 fully saturated rings. The summed E-state index contributed by atoms with van der Waals surface area (Å²) in [5.74, 6) is 1.63. The lowest BCUT2D eigenvalue weighted by Gasteiger charge is -2.28. The van der Waals surface area contributed by atoms with Crippen molar-refractivity contribution >= 4 is 11.3 Å². The highest BCUT2D eigenvalue weighted by atomic mass is 15.2. The maximum absolute atomic E-state index is 4.73. The van der Waals surface area contributed by atoms with Crippen LogP contribution in [-0.4, -0.2) is 35.0 Å². The summed E-state index contributed by atoms with van der Waals surface area (Å²) < 4.78 is 0. The summed E-state index contributed by atoms with van der Waals surface area (Å²) >= 11 is 0. The number of benzene rings is 2. The lowest BCUT2D eigenvalue weighted by Crippen LogP contribution is -2.30. The molecule has 2 aromatic carbocycles. The Morgan fingerprint density at radius 1 is 1.03 bits per heavy atom. The maximum atomic E-state index is 4.73. The van der Waals surface area contributed by atoms with Crippen LogP contribution < -0.4 is 4.90 Å². The number of hydrogen-bond donors (Lipinski definition) is 0. The van der Waals surface area contributed by atoms with Crippen LogP contribution in [0.15, 0.2) is 73.7 Å². The molecule has 0 N–H and O–H groups in total. The second-order valence-corrected chi connectivity index (χ2v) is 10.5. The van der Waals surface area contributed by atoms with Gasteiger partial charge in [0.15, 0.2) is 5.82 Å². The number of hydrogen-bond acceptors (Lipinski definition) is 4. The van der Waals surface area contributed by atoms with E-state index in [0.29, 0.717) is 0 Å². The zero-order valence-corrected chi connectivity index (χ0v) is 21.8. The summed E-state index contributed by atoms with van der Waals surface area (Å²) in [5.41, 5.74) is 9.65. The molecule has 0 atom stereocenters. The van der Waals surface area contributed by atoms with Gasteiger partial charge in [-0.25, -0.2) is 9.97 Å². The third kappa shape index (κ3) is 5.44. The van der Waals surface area contributed by atoms with E-state index in [1.165, 1.54) is 65.9 Å². The van der Waals surface area contributed by atoms with Crippen LogP contribution in [0.3, 0.4) is 0 Å². The Morgan fingerprint density at radius 2 is 1.81 bits per heavy atom. The first kappa shape index (κ1) is 24.5. The largest absolute Gasteiger partial charge is 0.341 e. The monoisotopic (exact) mass is 478 g/mol. The number of allylic oxidation sites excluding steroid dienone is 2. The fourth-order valence-corrected chi connectivity index (χ4v) is 5.42. The minimum atomic E-state index is 0.788. The Hall–Kier alpha value is -3.24. The smallest absolute Gasteiger partial charge is 0.159 e. The maximum Gasteiger partial charge on any atom is 0.159 e. The van der Waals surface area contributed by atoms with E-state index in [1.54, 1.807) is 0 Å². The fraction of sp³-hybridized carbons (Fsp3) is 0.375. The SMILES string of the molecule is C=C(CC)c1ccc2c(c1)N(Cc1cccc(-c3ncc(CCC4CCN(C)CC4)cn3)c1)C(=C)C2. The van der Waals surface area contributed by atoms with Crippen molar-refractivity contribution in [2.24, 2.45) is 5.92 Å². The van der Waals surface area contributed by atoms with E-state index in [4.69, 9.17) is 9.97 Å². The lowest BCUT2D eigenvalue weighted by atomic mass is 9.91. The molecule has 0 bridgehead atoms. The second kappa shape index (κ2) is 10.8. The average molecular weight is 479 g/mol. The van der Waals surface area contributed by atoms with Crippen LogP contribution in [0.1, 0.15) is 54.9 Å². The zero-order valence-electron chi connectivity index (χ0n) is 21.8. The number of rotatable bonds is 8. The van der Waals surface area contributed by atoms with Gasteiger partial charge >= 0.3 is 0 Å². The van der Waals surface area contributed by atoms with E-state index >= 15 is 0 Å². The molecule has 1 saturated heterocycles. The normalized spacial score (nSPS) is 16.4. The molecule has 0 saturated carbocycles. The predicted octanol–water partition coefficient (Wildman–Crippen LogP) is 6.92. The van der Waals surface area contributed by atoms with E-state index in [2.05, 4.69) is 79.4 Å². The van der Waals surface area contributed by atoms with Crippen molar-refractivity contribution < 1.29 is 0 Å². The molecule has 186 valence electrons. The third-order valence-corrected chi connectivity index (χ3v) is 7.90. The first-order valence-electron chi connectivity index (χ1n) is 13.4. The minimum absolute atomic E-state index is 0.788. The highest BCUT2D eigenvalue weighted by Gasteiger charge is 2.23. The first-order valence-corrected chi connectivity index (χ1v) is 13.4. The summed E-state index contributed by atoms with van der Waals surface area (Å²) in [6.45, 7) is 14.0. The number of aromatic nitrogens is 2. The molecular weight excluding hydrogens is 440 g/mol. The molecule has 0 spiro atoms. The summed E-state index contributed by atoms with van der Waals surface area (Å²) in [7, 11) is 2.22. The van der Waals surface area contributed by atoms with E-state index < -0.39 is 0 Å². The van der Waals surface area contributed by atoms with Crippen LogP contribution in [0.2, 0.25) is 0 Å². The molecule has 0 radical (unpaired) electrons. The van der Waals surface area contributed by atoms with Crippen molar-refractivity contribution in [3.05, 3.63) is 96.0 Å². The number of nitrogens with zero attached hydrogens (tertiary/aromatic N) is 4. The molecular formula is C32H38N4. The second-order valence-electron chi connectivity index (χ2n) is 10.5. The first-order chi connectivity index (χ1) is 17.5. The molecule has 1 aromatic heterocycles. The van der Waals surface area contributed by atoms with Gasteiger partial charge in [0.25, 0.3) is 0 Å². The van der Waals surface area contributed by atoms with E-state index in [1.807, 2.05) is 12.4 Å². The van der Waals surface area contributed by atoms with Gasteiger partial charge in [0.2, 0.25) is 0 Å². The number of anilines is 1. The van der Waals surface area contributed by atoms with Crippen molar-refractivity contribution in [1.29, 1.82) is 0 Å². The Balaban J connectivity index is 1.26. The molecule has 2 aliphatic heterocycles. The van der Waals surface area contributed by atoms with Gasteiger partial charge < -0.3 is 9.80 Å². The molecule has 3 heterocycles. The van der Waals surface area contributed by atoms with Gasteiger partial charge in [-0.2, -0.15) is 0 Å². The highest BCUT2D eigenvalue weighted by Crippen LogP contribution is 2.37. The van der Waals surface area contributed by atoms with E-state index in [9.17, 15) is 0 Å². The van der Waals surface area contributed by atoms with Crippen LogP contribution in [0.4, 0.5) is 5.69 Å². The third-order valence-electron chi connectivity index (χ3n) is 7.90. The number of fused-ring (bicyclic) bond motifs is 1. The van der Waals surface area contributed by atoms with Crippen LogP contribution in [0.5, 0.6) is 0 Å². The molecule has 2 aliphatic rings. The van der Waals surface area contributed by atoms with E-state index in [-0.39, 0.29) is 0 Å². The van der Waals surface area contributed by atoms with E-state index in [0.717, 1.165) is 48.8 Å². The van der Waals surface area contributed by atoms with Crippen molar-refractivity contribution in [3.8, 4) is 11.4 Å². The van der Waals surface area contributed by atoms with Crippen molar-refractivity contribution in [1.82, 2.24) is 14.9 Å². The van der Waals surface area contributed by atoms with Gasteiger partial charge in [-0.15, -0.1) is 0 Å². The van der Waals surface area contributed by atoms with Crippen molar-refractivity contribution in [2.75, 3.05) is 25.0 Å². The van der Waals surface area contributed by atoms with Gasteiger partial charge in [0.05, 0.1) is 0 Å². The summed E-state index contributed by atoms with van der Waals surface area (Å²) in [6.07, 6.45) is 10.8. The van der Waals surface area contributed by atoms with Crippen molar-refractivity contribution in [2.45, 2.75) is 52.0 Å². The lowest BCUT2D eigenvalue weighted by molar-refractivity contribution is 0.212. The van der Waals surface area contributed by atoms with Crippen molar-refractivity contribution in [3.63, 3.8) is 0 Å². The molecule has 3 aromatic rings. The summed E-state index contributed by atoms with van der Waals surface area (Å²) in [5, 5.41) is 0. The Bertz CT molecular complexity index is 1240. The van der Waals surface area contributed by atoms with Crippen LogP contribution in [0.25, 0.3) is 17.0 Å². The van der Waals surface area contributed by atoms with Crippen LogP contribution in [0, 0.1) is 5.92 Å². The Kier molecular flexibility index (Phi) is 7.33. The number of aryl methyl sites for hydroxylation is 1. The van der Waals surface area contributed by atoms with Gasteiger partial charge in [-0.05, 0) is 98.1 Å². The molecule has 0 unspecified atom stereocenters. The Morgan fingerprint density at radius 3 is 2.56 bits per heavy atom. The number of piperidine rings is 1. The van der Waals surface area contributed by atoms with Crippen LogP contribution in [-0.2, 0) is 19.4 Å².